The molecule has 1 aromatic rings. The van der Waals surface area contributed by atoms with Crippen LogP contribution in [0.15, 0.2) is 30.3 Å². The number of fused-ring (bicyclic) bond motifs is 1. The topological polar surface area (TPSA) is 6.48 Å². The van der Waals surface area contributed by atoms with E-state index in [1.807, 2.05) is 0 Å². The van der Waals surface area contributed by atoms with E-state index in [9.17, 15) is 0 Å². The lowest BCUT2D eigenvalue weighted by molar-refractivity contribution is 0.228. The normalized spacial score (nSPS) is 30.8. The first-order valence-corrected chi connectivity index (χ1v) is 6.29. The van der Waals surface area contributed by atoms with Gasteiger partial charge in [-0.25, -0.2) is 0 Å². The summed E-state index contributed by atoms with van der Waals surface area (Å²) in [5.74, 6) is 0.925. The largest absolute Gasteiger partial charge is 0.304 e. The van der Waals surface area contributed by atoms with Gasteiger partial charge in [-0.05, 0) is 31.5 Å². The van der Waals surface area contributed by atoms with Crippen LogP contribution in [-0.4, -0.2) is 42.5 Å². The Morgan fingerprint density at radius 1 is 1.19 bits per heavy atom. The SMILES string of the molecule is CN1C[C@H]2CCN(Cc3ccccc3)[C@H]2C1. The maximum absolute atomic E-state index is 2.67. The standard InChI is InChI=1S/C14H20N2/c1-15-10-13-7-8-16(14(13)11-15)9-12-5-3-2-4-6-12/h2-6,13-14H,7-11H2,1H3/t13-,14+/m1/s1. The predicted octanol–water partition coefficient (Wildman–Crippen LogP) is 1.82. The zero-order valence-corrected chi connectivity index (χ0v) is 9.97. The average molecular weight is 216 g/mol. The van der Waals surface area contributed by atoms with Crippen molar-refractivity contribution < 1.29 is 0 Å². The van der Waals surface area contributed by atoms with Crippen molar-refractivity contribution in [3.8, 4) is 0 Å². The average Bonchev–Trinajstić information content (AvgIpc) is 2.81. The third kappa shape index (κ3) is 1.87. The van der Waals surface area contributed by atoms with E-state index < -0.39 is 0 Å². The molecular weight excluding hydrogens is 196 g/mol. The van der Waals surface area contributed by atoms with Crippen LogP contribution >= 0.6 is 0 Å². The Morgan fingerprint density at radius 3 is 2.81 bits per heavy atom. The molecule has 0 bridgehead atoms. The number of nitrogens with zero attached hydrogens (tertiary/aromatic N) is 2. The molecule has 0 amide bonds. The van der Waals surface area contributed by atoms with Crippen LogP contribution in [-0.2, 0) is 6.54 Å². The maximum Gasteiger partial charge on any atom is 0.0267 e. The third-order valence-electron chi connectivity index (χ3n) is 4.07. The van der Waals surface area contributed by atoms with E-state index in [1.54, 1.807) is 0 Å². The molecule has 1 aromatic carbocycles. The summed E-state index contributed by atoms with van der Waals surface area (Å²) in [4.78, 5) is 5.15. The highest BCUT2D eigenvalue weighted by atomic mass is 15.3. The molecule has 2 heteroatoms. The Labute approximate surface area is 97.9 Å². The lowest BCUT2D eigenvalue weighted by atomic mass is 10.0. The molecule has 0 aromatic heterocycles. The highest BCUT2D eigenvalue weighted by Crippen LogP contribution is 2.31. The molecule has 0 spiro atoms. The van der Waals surface area contributed by atoms with Crippen molar-refractivity contribution in [3.05, 3.63) is 35.9 Å². The second kappa shape index (κ2) is 4.19. The van der Waals surface area contributed by atoms with E-state index >= 15 is 0 Å². The van der Waals surface area contributed by atoms with Gasteiger partial charge >= 0.3 is 0 Å². The molecule has 2 aliphatic heterocycles. The summed E-state index contributed by atoms with van der Waals surface area (Å²) in [5.41, 5.74) is 1.46. The van der Waals surface area contributed by atoms with Crippen LogP contribution < -0.4 is 0 Å². The van der Waals surface area contributed by atoms with E-state index in [1.165, 1.54) is 31.6 Å². The van der Waals surface area contributed by atoms with Gasteiger partial charge in [-0.1, -0.05) is 30.3 Å². The molecule has 2 saturated heterocycles. The van der Waals surface area contributed by atoms with Gasteiger partial charge in [0.25, 0.3) is 0 Å². The smallest absolute Gasteiger partial charge is 0.0267 e. The lowest BCUT2D eigenvalue weighted by Gasteiger charge is -2.23. The fourth-order valence-electron chi connectivity index (χ4n) is 3.27. The van der Waals surface area contributed by atoms with Gasteiger partial charge in [0.1, 0.15) is 0 Å². The number of likely N-dealkylation sites (tertiary alicyclic amines) is 2. The third-order valence-corrected chi connectivity index (χ3v) is 4.07. The molecule has 2 aliphatic rings. The Hall–Kier alpha value is -0.860. The van der Waals surface area contributed by atoms with Crippen molar-refractivity contribution in [2.24, 2.45) is 5.92 Å². The van der Waals surface area contributed by atoms with Crippen molar-refractivity contribution in [1.29, 1.82) is 0 Å². The summed E-state index contributed by atoms with van der Waals surface area (Å²) in [6, 6.07) is 11.7. The van der Waals surface area contributed by atoms with Gasteiger partial charge in [-0.2, -0.15) is 0 Å². The van der Waals surface area contributed by atoms with Gasteiger partial charge in [0, 0.05) is 25.7 Å². The second-order valence-corrected chi connectivity index (χ2v) is 5.29. The molecule has 2 heterocycles. The van der Waals surface area contributed by atoms with Crippen LogP contribution in [0.1, 0.15) is 12.0 Å². The van der Waals surface area contributed by atoms with Gasteiger partial charge < -0.3 is 4.90 Å². The van der Waals surface area contributed by atoms with Gasteiger partial charge in [0.2, 0.25) is 0 Å². The zero-order chi connectivity index (χ0) is 11.0. The number of likely N-dealkylation sites (N-methyl/N-ethyl adjacent to an activating group) is 1. The van der Waals surface area contributed by atoms with Gasteiger partial charge in [-0.3, -0.25) is 4.90 Å². The molecular formula is C14H20N2. The van der Waals surface area contributed by atoms with Crippen molar-refractivity contribution in [2.45, 2.75) is 19.0 Å². The molecule has 2 atom stereocenters. The number of rotatable bonds is 2. The van der Waals surface area contributed by atoms with Gasteiger partial charge in [-0.15, -0.1) is 0 Å². The molecule has 16 heavy (non-hydrogen) atoms. The first-order valence-electron chi connectivity index (χ1n) is 6.29. The molecule has 0 aliphatic carbocycles. The van der Waals surface area contributed by atoms with E-state index in [0.717, 1.165) is 18.5 Å². The second-order valence-electron chi connectivity index (χ2n) is 5.29. The monoisotopic (exact) mass is 216 g/mol. The Bertz CT molecular complexity index is 349. The van der Waals surface area contributed by atoms with E-state index in [-0.39, 0.29) is 0 Å². The molecule has 0 saturated carbocycles. The number of benzene rings is 1. The van der Waals surface area contributed by atoms with Crippen LogP contribution in [0.3, 0.4) is 0 Å². The van der Waals surface area contributed by atoms with Crippen molar-refractivity contribution in [1.82, 2.24) is 9.80 Å². The number of hydrogen-bond donors (Lipinski definition) is 0. The summed E-state index contributed by atoms with van der Waals surface area (Å²) >= 11 is 0. The highest BCUT2D eigenvalue weighted by molar-refractivity contribution is 5.15. The van der Waals surface area contributed by atoms with Crippen LogP contribution in [0.25, 0.3) is 0 Å². The first-order chi connectivity index (χ1) is 7.83. The Morgan fingerprint density at radius 2 is 2.00 bits per heavy atom. The van der Waals surface area contributed by atoms with E-state index in [0.29, 0.717) is 0 Å². The minimum Gasteiger partial charge on any atom is -0.304 e. The van der Waals surface area contributed by atoms with Crippen LogP contribution in [0.2, 0.25) is 0 Å². The predicted molar refractivity (Wildman–Crippen MR) is 66.2 cm³/mol. The minimum atomic E-state index is 0.810. The quantitative estimate of drug-likeness (QED) is 0.744. The first kappa shape index (κ1) is 10.3. The molecule has 2 nitrogen and oxygen atoms in total. The minimum absolute atomic E-state index is 0.810. The summed E-state index contributed by atoms with van der Waals surface area (Å²) in [6.45, 7) is 4.99. The lowest BCUT2D eigenvalue weighted by Crippen LogP contribution is -2.33. The molecule has 0 radical (unpaired) electrons. The molecule has 86 valence electrons. The summed E-state index contributed by atoms with van der Waals surface area (Å²) in [7, 11) is 2.25. The van der Waals surface area contributed by atoms with E-state index in [4.69, 9.17) is 0 Å². The van der Waals surface area contributed by atoms with Crippen LogP contribution in [0, 0.1) is 5.92 Å². The van der Waals surface area contributed by atoms with Crippen molar-refractivity contribution in [3.63, 3.8) is 0 Å². The summed E-state index contributed by atoms with van der Waals surface area (Å²) in [5, 5.41) is 0. The van der Waals surface area contributed by atoms with Crippen molar-refractivity contribution in [2.75, 3.05) is 26.7 Å². The molecule has 2 fully saturated rings. The van der Waals surface area contributed by atoms with E-state index in [2.05, 4.69) is 47.2 Å². The van der Waals surface area contributed by atoms with Gasteiger partial charge in [0.05, 0.1) is 0 Å². The summed E-state index contributed by atoms with van der Waals surface area (Å²) in [6.07, 6.45) is 1.39. The van der Waals surface area contributed by atoms with Crippen molar-refractivity contribution >= 4 is 0 Å². The molecule has 3 rings (SSSR count). The fraction of sp³-hybridized carbons (Fsp3) is 0.571. The molecule has 0 unspecified atom stereocenters. The van der Waals surface area contributed by atoms with Gasteiger partial charge in [0.15, 0.2) is 0 Å². The highest BCUT2D eigenvalue weighted by Gasteiger charge is 2.39. The molecule has 0 N–H and O–H groups in total. The number of hydrogen-bond acceptors (Lipinski definition) is 2. The Balaban J connectivity index is 1.68. The Kier molecular flexibility index (Phi) is 2.70. The zero-order valence-electron chi connectivity index (χ0n) is 9.97. The van der Waals surface area contributed by atoms with Crippen LogP contribution in [0.5, 0.6) is 0 Å². The summed E-state index contributed by atoms with van der Waals surface area (Å²) < 4.78 is 0. The van der Waals surface area contributed by atoms with Crippen LogP contribution in [0.4, 0.5) is 0 Å². The maximum atomic E-state index is 2.67. The fourth-order valence-corrected chi connectivity index (χ4v) is 3.27.